The van der Waals surface area contributed by atoms with Crippen molar-refractivity contribution in [2.24, 2.45) is 5.73 Å². The van der Waals surface area contributed by atoms with Gasteiger partial charge in [-0.25, -0.2) is 0 Å². The molecule has 0 aliphatic rings. The van der Waals surface area contributed by atoms with E-state index in [0.29, 0.717) is 13.0 Å². The van der Waals surface area contributed by atoms with Crippen LogP contribution in [-0.4, -0.2) is 63.2 Å². The van der Waals surface area contributed by atoms with Gasteiger partial charge in [-0.05, 0) is 64.5 Å². The summed E-state index contributed by atoms with van der Waals surface area (Å²) < 4.78 is 17.7. The number of carbonyl (C=O) groups is 1. The summed E-state index contributed by atoms with van der Waals surface area (Å²) in [5, 5.41) is 0. The highest BCUT2D eigenvalue weighted by Crippen LogP contribution is 2.14. The van der Waals surface area contributed by atoms with E-state index in [9.17, 15) is 4.79 Å². The fraction of sp³-hybridized carbons (Fsp3) is 0.973. The zero-order valence-corrected chi connectivity index (χ0v) is 29.4. The minimum absolute atomic E-state index is 0.0215. The lowest BCUT2D eigenvalue weighted by Crippen LogP contribution is -2.31. The van der Waals surface area contributed by atoms with E-state index in [1.807, 2.05) is 0 Å². The Hall–Kier alpha value is -0.690. The molecule has 0 fully saturated rings. The molecule has 0 saturated carbocycles. The van der Waals surface area contributed by atoms with Crippen LogP contribution < -0.4 is 5.73 Å². The molecular weight excluding hydrogens is 536 g/mol. The normalized spacial score (nSPS) is 11.7. The van der Waals surface area contributed by atoms with Gasteiger partial charge in [0.2, 0.25) is 0 Å². The Labute approximate surface area is 268 Å². The Morgan fingerprint density at radius 3 is 1.53 bits per heavy atom. The number of rotatable bonds is 36. The van der Waals surface area contributed by atoms with Gasteiger partial charge in [0.25, 0.3) is 0 Å². The van der Waals surface area contributed by atoms with Crippen molar-refractivity contribution < 1.29 is 19.0 Å². The summed E-state index contributed by atoms with van der Waals surface area (Å²) in [7, 11) is 0. The molecule has 6 nitrogen and oxygen atoms in total. The summed E-state index contributed by atoms with van der Waals surface area (Å²) in [6.07, 6.45) is 29.8. The van der Waals surface area contributed by atoms with Crippen molar-refractivity contribution in [1.29, 1.82) is 0 Å². The molecule has 0 radical (unpaired) electrons. The van der Waals surface area contributed by atoms with Crippen LogP contribution in [0.3, 0.4) is 0 Å². The Kier molecular flexibility index (Phi) is 35.2. The average Bonchev–Trinajstić information content (AvgIpc) is 3.00. The van der Waals surface area contributed by atoms with Gasteiger partial charge >= 0.3 is 5.97 Å². The number of carbonyl (C=O) groups excluding carboxylic acids is 1. The molecule has 0 heterocycles. The Morgan fingerprint density at radius 1 is 0.535 bits per heavy atom. The second kappa shape index (κ2) is 35.8. The minimum atomic E-state index is -0.0283. The highest BCUT2D eigenvalue weighted by Gasteiger charge is 2.10. The van der Waals surface area contributed by atoms with Crippen LogP contribution in [0.5, 0.6) is 0 Å². The molecule has 0 aromatic carbocycles. The van der Waals surface area contributed by atoms with Crippen molar-refractivity contribution >= 4 is 5.97 Å². The van der Waals surface area contributed by atoms with E-state index in [-0.39, 0.29) is 12.3 Å². The number of hydrogen-bond acceptors (Lipinski definition) is 6. The van der Waals surface area contributed by atoms with Crippen LogP contribution in [0.1, 0.15) is 181 Å². The Morgan fingerprint density at radius 2 is 1.00 bits per heavy atom. The van der Waals surface area contributed by atoms with E-state index in [1.54, 1.807) is 0 Å². The number of unbranched alkanes of at least 4 members (excludes halogenated alkanes) is 18. The highest BCUT2D eigenvalue weighted by atomic mass is 16.7. The van der Waals surface area contributed by atoms with Crippen LogP contribution in [0.25, 0.3) is 0 Å². The molecule has 6 heteroatoms. The van der Waals surface area contributed by atoms with E-state index < -0.39 is 0 Å². The van der Waals surface area contributed by atoms with Gasteiger partial charge in [-0.2, -0.15) is 0 Å². The Bertz CT molecular complexity index is 531. The number of hydrogen-bond donors (Lipinski definition) is 1. The molecule has 43 heavy (non-hydrogen) atoms. The lowest BCUT2D eigenvalue weighted by atomic mass is 10.1. The number of nitrogens with two attached hydrogens (primary N) is 1. The third-order valence-corrected chi connectivity index (χ3v) is 8.33. The van der Waals surface area contributed by atoms with E-state index >= 15 is 0 Å². The fourth-order valence-corrected chi connectivity index (χ4v) is 5.46. The molecular formula is C37H76N2O4. The van der Waals surface area contributed by atoms with Gasteiger partial charge in [0.1, 0.15) is 0 Å². The van der Waals surface area contributed by atoms with Gasteiger partial charge in [-0.1, -0.05) is 124 Å². The van der Waals surface area contributed by atoms with Crippen LogP contribution in [0.2, 0.25) is 0 Å². The Balaban J connectivity index is 4.04. The van der Waals surface area contributed by atoms with Gasteiger partial charge in [0.05, 0.1) is 6.61 Å². The topological polar surface area (TPSA) is 74.0 Å². The lowest BCUT2D eigenvalue weighted by Gasteiger charge is -2.22. The van der Waals surface area contributed by atoms with Crippen LogP contribution in [0.4, 0.5) is 0 Å². The largest absolute Gasteiger partial charge is 0.466 e. The van der Waals surface area contributed by atoms with Crippen molar-refractivity contribution in [3.63, 3.8) is 0 Å². The summed E-state index contributed by atoms with van der Waals surface area (Å²) in [4.78, 5) is 14.2. The summed E-state index contributed by atoms with van der Waals surface area (Å²) in [5.41, 5.74) is 5.90. The molecule has 0 saturated heterocycles. The van der Waals surface area contributed by atoms with Crippen LogP contribution >= 0.6 is 0 Å². The first-order valence-electron chi connectivity index (χ1n) is 19.0. The molecule has 0 unspecified atom stereocenters. The molecule has 258 valence electrons. The molecule has 0 aromatic rings. The van der Waals surface area contributed by atoms with Crippen molar-refractivity contribution in [3.8, 4) is 0 Å². The van der Waals surface area contributed by atoms with Gasteiger partial charge in [-0.15, -0.1) is 0 Å². The molecule has 0 aliphatic carbocycles. The van der Waals surface area contributed by atoms with E-state index in [0.717, 1.165) is 84.3 Å². The first-order chi connectivity index (χ1) is 21.2. The molecule has 0 aromatic heterocycles. The standard InChI is InChI=1S/C37H76N2O4/c1-4-7-10-12-19-25-34-42-37(43-35-26-20-13-11-8-5-2)28-22-16-18-24-31-39(32-29-38)30-23-17-14-15-21-27-36(40)41-33-9-6-3/h37H,4-35,38H2,1-3H3. The molecule has 0 amide bonds. The average molecular weight is 613 g/mol. The second-order valence-electron chi connectivity index (χ2n) is 12.6. The first-order valence-corrected chi connectivity index (χ1v) is 19.0. The summed E-state index contributed by atoms with van der Waals surface area (Å²) in [6.45, 7) is 12.9. The SMILES string of the molecule is CCCCCCCCOC(CCCCCCN(CCN)CCCCCCCC(=O)OCCCC)OCCCCCCCC. The van der Waals surface area contributed by atoms with Crippen molar-refractivity contribution in [1.82, 2.24) is 4.90 Å². The zero-order chi connectivity index (χ0) is 31.5. The maximum Gasteiger partial charge on any atom is 0.305 e. The maximum absolute atomic E-state index is 11.7. The van der Waals surface area contributed by atoms with Crippen molar-refractivity contribution in [2.75, 3.05) is 46.0 Å². The monoisotopic (exact) mass is 613 g/mol. The van der Waals surface area contributed by atoms with Crippen LogP contribution in [-0.2, 0) is 19.0 Å². The highest BCUT2D eigenvalue weighted by molar-refractivity contribution is 5.69. The first kappa shape index (κ1) is 42.3. The number of esters is 1. The molecule has 2 N–H and O–H groups in total. The quantitative estimate of drug-likeness (QED) is 0.0431. The van der Waals surface area contributed by atoms with Crippen LogP contribution in [0.15, 0.2) is 0 Å². The van der Waals surface area contributed by atoms with Crippen molar-refractivity contribution in [2.45, 2.75) is 188 Å². The summed E-state index contributed by atoms with van der Waals surface area (Å²) >= 11 is 0. The molecule has 0 atom stereocenters. The lowest BCUT2D eigenvalue weighted by molar-refractivity contribution is -0.148. The van der Waals surface area contributed by atoms with Gasteiger partial charge in [-0.3, -0.25) is 4.79 Å². The third kappa shape index (κ3) is 32.5. The minimum Gasteiger partial charge on any atom is -0.466 e. The van der Waals surface area contributed by atoms with Crippen molar-refractivity contribution in [3.05, 3.63) is 0 Å². The predicted octanol–water partition coefficient (Wildman–Crippen LogP) is 9.96. The van der Waals surface area contributed by atoms with Gasteiger partial charge < -0.3 is 24.8 Å². The predicted molar refractivity (Wildman–Crippen MR) is 185 cm³/mol. The molecule has 0 bridgehead atoms. The van der Waals surface area contributed by atoms with Crippen LogP contribution in [0, 0.1) is 0 Å². The summed E-state index contributed by atoms with van der Waals surface area (Å²) in [5.74, 6) is -0.0283. The zero-order valence-electron chi connectivity index (χ0n) is 29.4. The van der Waals surface area contributed by atoms with E-state index in [2.05, 4.69) is 25.7 Å². The van der Waals surface area contributed by atoms with E-state index in [4.69, 9.17) is 19.9 Å². The van der Waals surface area contributed by atoms with Gasteiger partial charge in [0.15, 0.2) is 6.29 Å². The number of nitrogens with zero attached hydrogens (tertiary/aromatic N) is 1. The smallest absolute Gasteiger partial charge is 0.305 e. The molecule has 0 aliphatic heterocycles. The maximum atomic E-state index is 11.7. The molecule has 0 rings (SSSR count). The van der Waals surface area contributed by atoms with E-state index in [1.165, 1.54) is 109 Å². The number of ether oxygens (including phenoxy) is 3. The fourth-order valence-electron chi connectivity index (χ4n) is 5.46. The third-order valence-electron chi connectivity index (χ3n) is 8.33. The molecule has 0 spiro atoms. The van der Waals surface area contributed by atoms with Gasteiger partial charge in [0, 0.05) is 32.7 Å². The summed E-state index contributed by atoms with van der Waals surface area (Å²) in [6, 6.07) is 0. The second-order valence-corrected chi connectivity index (χ2v) is 12.6.